The van der Waals surface area contributed by atoms with E-state index in [-0.39, 0.29) is 0 Å². The van der Waals surface area contributed by atoms with E-state index in [9.17, 15) is 0 Å². The van der Waals surface area contributed by atoms with E-state index in [2.05, 4.69) is 218 Å². The molecule has 0 bridgehead atoms. The Labute approximate surface area is 347 Å². The van der Waals surface area contributed by atoms with Crippen molar-refractivity contribution in [3.8, 4) is 77.7 Å². The van der Waals surface area contributed by atoms with Crippen molar-refractivity contribution in [3.05, 3.63) is 218 Å². The van der Waals surface area contributed by atoms with E-state index in [1.807, 2.05) is 11.3 Å². The summed E-state index contributed by atoms with van der Waals surface area (Å²) in [5.41, 5.74) is 13.2. The smallest absolute Gasteiger partial charge is 0.161 e. The van der Waals surface area contributed by atoms with Crippen LogP contribution in [0.2, 0.25) is 0 Å². The van der Waals surface area contributed by atoms with Crippen LogP contribution in [0.3, 0.4) is 0 Å². The summed E-state index contributed by atoms with van der Waals surface area (Å²) in [6, 6.07) is 78.1. The molecule has 0 unspecified atom stereocenters. The quantitative estimate of drug-likeness (QED) is 0.151. The highest BCUT2D eigenvalue weighted by atomic mass is 32.1. The molecule has 0 aliphatic rings. The topological polar surface area (TPSA) is 25.8 Å². The van der Waals surface area contributed by atoms with Crippen molar-refractivity contribution in [3.63, 3.8) is 0 Å². The van der Waals surface area contributed by atoms with Crippen molar-refractivity contribution in [2.75, 3.05) is 0 Å². The largest absolute Gasteiger partial charge is 0.228 e. The number of nitrogens with zero attached hydrogens (tertiary/aromatic N) is 2. The van der Waals surface area contributed by atoms with Gasteiger partial charge in [-0.05, 0) is 84.1 Å². The Morgan fingerprint density at radius 1 is 0.305 bits per heavy atom. The SMILES string of the molecule is c1ccc(-c2ccccc2-c2nc(-c3ccc(-c4cc5ccccc5s4)cc3)cc(-c3ccc(-c4c5ccccc5c(-c5ccccc5)c5ccccc45)cc3)n2)cc1. The van der Waals surface area contributed by atoms with E-state index in [0.717, 1.165) is 39.2 Å². The molecule has 0 aliphatic carbocycles. The Morgan fingerprint density at radius 2 is 0.729 bits per heavy atom. The summed E-state index contributed by atoms with van der Waals surface area (Å²) in [7, 11) is 0. The highest BCUT2D eigenvalue weighted by Gasteiger charge is 2.18. The van der Waals surface area contributed by atoms with E-state index in [4.69, 9.17) is 9.97 Å². The molecule has 0 atom stereocenters. The van der Waals surface area contributed by atoms with Crippen LogP contribution in [-0.4, -0.2) is 9.97 Å². The normalized spacial score (nSPS) is 11.4. The monoisotopic (exact) mass is 768 g/mol. The molecule has 0 fully saturated rings. The molecular formula is C56H36N2S. The molecule has 11 aromatic rings. The Balaban J connectivity index is 1.04. The summed E-state index contributed by atoms with van der Waals surface area (Å²) in [4.78, 5) is 11.9. The van der Waals surface area contributed by atoms with Gasteiger partial charge in [-0.25, -0.2) is 9.97 Å². The number of fused-ring (bicyclic) bond motifs is 3. The third kappa shape index (κ3) is 6.39. The van der Waals surface area contributed by atoms with Gasteiger partial charge in [0, 0.05) is 26.3 Å². The molecule has 59 heavy (non-hydrogen) atoms. The van der Waals surface area contributed by atoms with Gasteiger partial charge >= 0.3 is 0 Å². The Hall–Kier alpha value is -7.46. The predicted molar refractivity (Wildman–Crippen MR) is 250 cm³/mol. The third-order valence-electron chi connectivity index (χ3n) is 11.3. The zero-order valence-corrected chi connectivity index (χ0v) is 32.9. The van der Waals surface area contributed by atoms with Gasteiger partial charge in [0.1, 0.15) is 0 Å². The molecule has 0 aliphatic heterocycles. The van der Waals surface area contributed by atoms with Crippen molar-refractivity contribution in [2.24, 2.45) is 0 Å². The van der Waals surface area contributed by atoms with E-state index in [1.54, 1.807) is 0 Å². The average molecular weight is 769 g/mol. The highest BCUT2D eigenvalue weighted by Crippen LogP contribution is 2.44. The van der Waals surface area contributed by atoms with Gasteiger partial charge in [0.25, 0.3) is 0 Å². The standard InChI is InChI=1S/C56H36N2S/c1-3-15-37(16-4-1)44-20-8-13-25-49(44)56-57-50(38-27-31-40(32-28-38)53-35-43-19-7-14-26-52(43)59-53)36-51(58-56)39-29-33-42(34-30-39)55-47-23-11-9-21-45(47)54(41-17-5-2-6-18-41)46-22-10-12-24-48(46)55/h1-36H. The second kappa shape index (κ2) is 14.8. The molecule has 2 aromatic heterocycles. The van der Waals surface area contributed by atoms with Gasteiger partial charge < -0.3 is 0 Å². The lowest BCUT2D eigenvalue weighted by molar-refractivity contribution is 1.18. The first-order valence-corrected chi connectivity index (χ1v) is 20.8. The molecule has 0 N–H and O–H groups in total. The second-order valence-corrected chi connectivity index (χ2v) is 16.0. The minimum absolute atomic E-state index is 0.697. The van der Waals surface area contributed by atoms with Gasteiger partial charge in [0.15, 0.2) is 5.82 Å². The molecular weight excluding hydrogens is 733 g/mol. The summed E-state index contributed by atoms with van der Waals surface area (Å²) in [5.74, 6) is 0.697. The van der Waals surface area contributed by atoms with Crippen LogP contribution >= 0.6 is 11.3 Å². The number of thiophene rings is 1. The zero-order chi connectivity index (χ0) is 39.1. The van der Waals surface area contributed by atoms with Crippen molar-refractivity contribution < 1.29 is 0 Å². The molecule has 2 nitrogen and oxygen atoms in total. The number of hydrogen-bond acceptors (Lipinski definition) is 3. The molecule has 0 radical (unpaired) electrons. The van der Waals surface area contributed by atoms with E-state index in [1.165, 1.54) is 64.3 Å². The molecule has 0 saturated carbocycles. The van der Waals surface area contributed by atoms with Crippen LogP contribution in [0.1, 0.15) is 0 Å². The summed E-state index contributed by atoms with van der Waals surface area (Å²) < 4.78 is 1.30. The van der Waals surface area contributed by atoms with E-state index in [0.29, 0.717) is 5.82 Å². The second-order valence-electron chi connectivity index (χ2n) is 14.9. The van der Waals surface area contributed by atoms with Crippen LogP contribution in [0.5, 0.6) is 0 Å². The third-order valence-corrected chi connectivity index (χ3v) is 12.5. The summed E-state index contributed by atoms with van der Waals surface area (Å²) >= 11 is 1.83. The fourth-order valence-electron chi connectivity index (χ4n) is 8.50. The van der Waals surface area contributed by atoms with Gasteiger partial charge in [0.05, 0.1) is 11.4 Å². The first-order valence-electron chi connectivity index (χ1n) is 20.0. The number of hydrogen-bond donors (Lipinski definition) is 0. The maximum absolute atomic E-state index is 5.31. The molecule has 9 aromatic carbocycles. The van der Waals surface area contributed by atoms with Gasteiger partial charge in [-0.2, -0.15) is 0 Å². The average Bonchev–Trinajstić information content (AvgIpc) is 3.76. The van der Waals surface area contributed by atoms with Crippen LogP contribution in [0, 0.1) is 0 Å². The first-order chi connectivity index (χ1) is 29.2. The van der Waals surface area contributed by atoms with Crippen LogP contribution in [0.15, 0.2) is 218 Å². The molecule has 0 saturated heterocycles. The molecule has 11 rings (SSSR count). The molecule has 0 amide bonds. The maximum atomic E-state index is 5.31. The van der Waals surface area contributed by atoms with Gasteiger partial charge in [-0.3, -0.25) is 0 Å². The van der Waals surface area contributed by atoms with E-state index < -0.39 is 0 Å². The lowest BCUT2D eigenvalue weighted by atomic mass is 9.86. The van der Waals surface area contributed by atoms with Crippen LogP contribution in [0.4, 0.5) is 0 Å². The van der Waals surface area contributed by atoms with Crippen molar-refractivity contribution in [1.29, 1.82) is 0 Å². The van der Waals surface area contributed by atoms with Gasteiger partial charge in [-0.15, -0.1) is 11.3 Å². The minimum Gasteiger partial charge on any atom is -0.228 e. The zero-order valence-electron chi connectivity index (χ0n) is 32.1. The lowest BCUT2D eigenvalue weighted by Gasteiger charge is -2.18. The van der Waals surface area contributed by atoms with Crippen LogP contribution < -0.4 is 0 Å². The van der Waals surface area contributed by atoms with Crippen molar-refractivity contribution in [2.45, 2.75) is 0 Å². The van der Waals surface area contributed by atoms with Gasteiger partial charge in [-0.1, -0.05) is 200 Å². The lowest BCUT2D eigenvalue weighted by Crippen LogP contribution is -1.97. The van der Waals surface area contributed by atoms with Crippen molar-refractivity contribution in [1.82, 2.24) is 9.97 Å². The summed E-state index contributed by atoms with van der Waals surface area (Å²) in [5, 5.41) is 6.24. The highest BCUT2D eigenvalue weighted by molar-refractivity contribution is 7.22. The molecule has 3 heteroatoms. The molecule has 2 heterocycles. The van der Waals surface area contributed by atoms with Gasteiger partial charge in [0.2, 0.25) is 0 Å². The maximum Gasteiger partial charge on any atom is 0.161 e. The molecule has 276 valence electrons. The number of rotatable bonds is 7. The minimum atomic E-state index is 0.697. The number of benzene rings is 9. The fraction of sp³-hybridized carbons (Fsp3) is 0. The first kappa shape index (κ1) is 34.8. The summed E-state index contributed by atoms with van der Waals surface area (Å²) in [6.07, 6.45) is 0. The summed E-state index contributed by atoms with van der Waals surface area (Å²) in [6.45, 7) is 0. The van der Waals surface area contributed by atoms with Crippen LogP contribution in [-0.2, 0) is 0 Å². The Morgan fingerprint density at radius 3 is 1.29 bits per heavy atom. The van der Waals surface area contributed by atoms with Crippen molar-refractivity contribution >= 4 is 43.0 Å². The Kier molecular flexibility index (Phi) is 8.72. The predicted octanol–water partition coefficient (Wildman–Crippen LogP) is 15.7. The number of aromatic nitrogens is 2. The molecule has 0 spiro atoms. The van der Waals surface area contributed by atoms with Crippen LogP contribution in [0.25, 0.3) is 109 Å². The Bertz CT molecular complexity index is 3200. The fourth-order valence-corrected chi connectivity index (χ4v) is 9.57. The van der Waals surface area contributed by atoms with E-state index >= 15 is 0 Å².